The van der Waals surface area contributed by atoms with Crippen LogP contribution in [0.2, 0.25) is 0 Å². The second-order valence-electron chi connectivity index (χ2n) is 6.15. The Balaban J connectivity index is 0.00000210. The third kappa shape index (κ3) is 7.45. The molecule has 0 atom stereocenters. The third-order valence-corrected chi connectivity index (χ3v) is 4.22. The molecular formula is C20H25Cl2N5O2. The first-order valence-electron chi connectivity index (χ1n) is 9.01. The van der Waals surface area contributed by atoms with Crippen LogP contribution >= 0.6 is 24.8 Å². The number of amides is 1. The number of nitrogens with zero attached hydrogens (tertiary/aromatic N) is 4. The van der Waals surface area contributed by atoms with Gasteiger partial charge in [-0.25, -0.2) is 0 Å². The van der Waals surface area contributed by atoms with Gasteiger partial charge < -0.3 is 15.2 Å². The Morgan fingerprint density at radius 3 is 2.41 bits per heavy atom. The van der Waals surface area contributed by atoms with E-state index in [0.717, 1.165) is 12.0 Å². The average molecular weight is 438 g/mol. The highest BCUT2D eigenvalue weighted by molar-refractivity contribution is 5.85. The number of carbonyl (C=O) groups is 1. The molecule has 3 rings (SSSR count). The van der Waals surface area contributed by atoms with Gasteiger partial charge in [0.15, 0.2) is 0 Å². The van der Waals surface area contributed by atoms with Crippen LogP contribution in [0, 0.1) is 0 Å². The minimum atomic E-state index is 0. The van der Waals surface area contributed by atoms with Crippen molar-refractivity contribution in [3.05, 3.63) is 66.3 Å². The molecule has 0 aliphatic carbocycles. The normalized spacial score (nSPS) is 9.97. The molecule has 0 bridgehead atoms. The zero-order valence-electron chi connectivity index (χ0n) is 15.9. The molecule has 0 unspecified atom stereocenters. The molecule has 9 heteroatoms. The van der Waals surface area contributed by atoms with E-state index in [9.17, 15) is 4.79 Å². The fourth-order valence-electron chi connectivity index (χ4n) is 2.77. The fraction of sp³-hybridized carbons (Fsp3) is 0.300. The molecule has 2 N–H and O–H groups in total. The summed E-state index contributed by atoms with van der Waals surface area (Å²) in [6.07, 6.45) is 4.87. The fourth-order valence-corrected chi connectivity index (χ4v) is 2.77. The summed E-state index contributed by atoms with van der Waals surface area (Å²) >= 11 is 0. The van der Waals surface area contributed by atoms with Gasteiger partial charge in [0.05, 0.1) is 0 Å². The van der Waals surface area contributed by atoms with Crippen LogP contribution < -0.4 is 5.73 Å². The largest absolute Gasteiger partial charge is 0.341 e. The number of aromatic nitrogens is 3. The lowest BCUT2D eigenvalue weighted by Gasteiger charge is -2.22. The lowest BCUT2D eigenvalue weighted by atomic mass is 10.1. The molecule has 0 fully saturated rings. The van der Waals surface area contributed by atoms with Gasteiger partial charge in [-0.05, 0) is 24.1 Å². The van der Waals surface area contributed by atoms with Gasteiger partial charge in [-0.3, -0.25) is 9.78 Å². The zero-order chi connectivity index (χ0) is 18.9. The lowest BCUT2D eigenvalue weighted by molar-refractivity contribution is -0.131. The highest BCUT2D eigenvalue weighted by Gasteiger charge is 2.15. The highest BCUT2D eigenvalue weighted by atomic mass is 35.5. The first-order valence-corrected chi connectivity index (χ1v) is 9.01. The summed E-state index contributed by atoms with van der Waals surface area (Å²) in [7, 11) is 0. The second kappa shape index (κ2) is 12.9. The Hall–Kier alpha value is -2.48. The quantitative estimate of drug-likeness (QED) is 0.552. The molecule has 1 aromatic carbocycles. The molecule has 156 valence electrons. The molecule has 0 spiro atoms. The monoisotopic (exact) mass is 437 g/mol. The number of carbonyl (C=O) groups excluding carboxylic acids is 1. The molecule has 0 saturated carbocycles. The van der Waals surface area contributed by atoms with Crippen LogP contribution in [0.15, 0.2) is 59.4 Å². The van der Waals surface area contributed by atoms with Gasteiger partial charge >= 0.3 is 0 Å². The average Bonchev–Trinajstić information content (AvgIpc) is 3.20. The molecule has 7 nitrogen and oxygen atoms in total. The maximum absolute atomic E-state index is 12.6. The number of pyridine rings is 1. The van der Waals surface area contributed by atoms with Crippen molar-refractivity contribution in [3.63, 3.8) is 0 Å². The van der Waals surface area contributed by atoms with E-state index in [1.54, 1.807) is 17.3 Å². The van der Waals surface area contributed by atoms with Crippen LogP contribution in [0.4, 0.5) is 0 Å². The first kappa shape index (κ1) is 24.6. The van der Waals surface area contributed by atoms with E-state index in [4.69, 9.17) is 10.3 Å². The zero-order valence-corrected chi connectivity index (χ0v) is 17.6. The molecule has 0 aliphatic rings. The van der Waals surface area contributed by atoms with Crippen molar-refractivity contribution < 1.29 is 9.32 Å². The van der Waals surface area contributed by atoms with E-state index in [0.29, 0.717) is 44.2 Å². The SMILES string of the molecule is Cl.Cl.NCCN(CCc1ccccc1)C(=O)CCc1nc(-c2ccncc2)no1. The van der Waals surface area contributed by atoms with E-state index in [1.165, 1.54) is 5.56 Å². The summed E-state index contributed by atoms with van der Waals surface area (Å²) < 4.78 is 5.26. The Bertz CT molecular complexity index is 846. The number of halogens is 2. The van der Waals surface area contributed by atoms with Crippen molar-refractivity contribution >= 4 is 30.7 Å². The summed E-state index contributed by atoms with van der Waals surface area (Å²) in [6, 6.07) is 13.7. The molecule has 2 heterocycles. The molecule has 3 aromatic rings. The summed E-state index contributed by atoms with van der Waals surface area (Å²) in [5.74, 6) is 0.994. The number of rotatable bonds is 9. The third-order valence-electron chi connectivity index (χ3n) is 4.22. The van der Waals surface area contributed by atoms with Crippen LogP contribution in [0.3, 0.4) is 0 Å². The van der Waals surface area contributed by atoms with Crippen LogP contribution in [-0.4, -0.2) is 45.6 Å². The van der Waals surface area contributed by atoms with Crippen molar-refractivity contribution in [2.24, 2.45) is 5.73 Å². The van der Waals surface area contributed by atoms with Gasteiger partial charge in [0.1, 0.15) is 0 Å². The smallest absolute Gasteiger partial charge is 0.227 e. The van der Waals surface area contributed by atoms with E-state index in [-0.39, 0.29) is 30.7 Å². The lowest BCUT2D eigenvalue weighted by Crippen LogP contribution is -2.37. The Morgan fingerprint density at radius 2 is 1.72 bits per heavy atom. The van der Waals surface area contributed by atoms with Gasteiger partial charge in [-0.15, -0.1) is 24.8 Å². The number of nitrogens with two attached hydrogens (primary N) is 1. The van der Waals surface area contributed by atoms with Crippen LogP contribution in [0.25, 0.3) is 11.4 Å². The standard InChI is InChI=1S/C20H23N5O2.2ClH/c21-11-15-25(14-10-16-4-2-1-3-5-16)19(26)7-6-18-23-20(24-27-18)17-8-12-22-13-9-17;;/h1-5,8-9,12-13H,6-7,10-11,14-15,21H2;2*1H. The number of aryl methyl sites for hydroxylation is 1. The Morgan fingerprint density at radius 1 is 1.00 bits per heavy atom. The molecule has 1 amide bonds. The van der Waals surface area contributed by atoms with Gasteiger partial charge in [0.2, 0.25) is 17.6 Å². The summed E-state index contributed by atoms with van der Waals surface area (Å²) in [5, 5.41) is 3.96. The number of benzene rings is 1. The van der Waals surface area contributed by atoms with E-state index in [1.807, 2.05) is 30.3 Å². The predicted molar refractivity (Wildman–Crippen MR) is 116 cm³/mol. The number of hydrogen-bond donors (Lipinski definition) is 1. The van der Waals surface area contributed by atoms with Crippen LogP contribution in [0.1, 0.15) is 17.9 Å². The summed E-state index contributed by atoms with van der Waals surface area (Å²) in [4.78, 5) is 22.7. The molecule has 0 saturated heterocycles. The molecule has 0 radical (unpaired) electrons. The van der Waals surface area contributed by atoms with Gasteiger partial charge in [0.25, 0.3) is 0 Å². The minimum absolute atomic E-state index is 0. The van der Waals surface area contributed by atoms with Crippen molar-refractivity contribution in [3.8, 4) is 11.4 Å². The second-order valence-corrected chi connectivity index (χ2v) is 6.15. The van der Waals surface area contributed by atoms with Gasteiger partial charge in [0, 0.05) is 50.4 Å². The molecular weight excluding hydrogens is 413 g/mol. The maximum atomic E-state index is 12.6. The summed E-state index contributed by atoms with van der Waals surface area (Å²) in [6.45, 7) is 1.62. The van der Waals surface area contributed by atoms with Gasteiger partial charge in [-0.2, -0.15) is 4.98 Å². The van der Waals surface area contributed by atoms with Crippen molar-refractivity contribution in [2.75, 3.05) is 19.6 Å². The van der Waals surface area contributed by atoms with Crippen molar-refractivity contribution in [2.45, 2.75) is 19.3 Å². The molecule has 0 aliphatic heterocycles. The highest BCUT2D eigenvalue weighted by Crippen LogP contribution is 2.15. The van der Waals surface area contributed by atoms with E-state index in [2.05, 4.69) is 27.3 Å². The van der Waals surface area contributed by atoms with E-state index < -0.39 is 0 Å². The van der Waals surface area contributed by atoms with Crippen molar-refractivity contribution in [1.82, 2.24) is 20.0 Å². The Kier molecular flexibility index (Phi) is 10.9. The van der Waals surface area contributed by atoms with Crippen molar-refractivity contribution in [1.29, 1.82) is 0 Å². The Labute approximate surface area is 182 Å². The molecule has 29 heavy (non-hydrogen) atoms. The van der Waals surface area contributed by atoms with Gasteiger partial charge in [-0.1, -0.05) is 35.5 Å². The van der Waals surface area contributed by atoms with Crippen LogP contribution in [-0.2, 0) is 17.6 Å². The summed E-state index contributed by atoms with van der Waals surface area (Å²) in [5.41, 5.74) is 7.70. The number of hydrogen-bond acceptors (Lipinski definition) is 6. The molecule has 2 aromatic heterocycles. The minimum Gasteiger partial charge on any atom is -0.341 e. The first-order chi connectivity index (χ1) is 13.3. The van der Waals surface area contributed by atoms with Crippen LogP contribution in [0.5, 0.6) is 0 Å². The van der Waals surface area contributed by atoms with E-state index >= 15 is 0 Å². The topological polar surface area (TPSA) is 98.1 Å². The predicted octanol–water partition coefficient (Wildman–Crippen LogP) is 2.94. The maximum Gasteiger partial charge on any atom is 0.227 e.